The highest BCUT2D eigenvalue weighted by molar-refractivity contribution is 7.89. The molecule has 0 saturated carbocycles. The van der Waals surface area contributed by atoms with Crippen LogP contribution in [-0.4, -0.2) is 75.9 Å². The van der Waals surface area contributed by atoms with E-state index in [0.29, 0.717) is 25.2 Å². The summed E-state index contributed by atoms with van der Waals surface area (Å²) >= 11 is 0. The Labute approximate surface area is 196 Å². The Morgan fingerprint density at radius 1 is 0.909 bits per heavy atom. The van der Waals surface area contributed by atoms with Crippen molar-refractivity contribution >= 4 is 15.8 Å². The number of carbonyl (C=O) groups excluding carboxylic acids is 1. The van der Waals surface area contributed by atoms with E-state index in [2.05, 4.69) is 22.3 Å². The van der Waals surface area contributed by atoms with Gasteiger partial charge in [-0.15, -0.1) is 0 Å². The lowest BCUT2D eigenvalue weighted by Crippen LogP contribution is -2.43. The maximum absolute atomic E-state index is 12.8. The minimum atomic E-state index is -3.49. The minimum absolute atomic E-state index is 0.0503. The topological polar surface area (TPSA) is 79.0 Å². The number of hydrogen-bond donors (Lipinski definition) is 1. The van der Waals surface area contributed by atoms with Crippen LogP contribution in [0.3, 0.4) is 0 Å². The number of benzene rings is 2. The van der Waals surface area contributed by atoms with E-state index in [4.69, 9.17) is 4.74 Å². The van der Waals surface area contributed by atoms with Crippen molar-refractivity contribution in [3.63, 3.8) is 0 Å². The normalized spacial score (nSPS) is 19.3. The highest BCUT2D eigenvalue weighted by Crippen LogP contribution is 2.22. The number of piperidine rings is 1. The van der Waals surface area contributed by atoms with Crippen LogP contribution in [0.25, 0.3) is 0 Å². The van der Waals surface area contributed by atoms with Gasteiger partial charge in [-0.05, 0) is 30.5 Å². The van der Waals surface area contributed by atoms with Gasteiger partial charge in [-0.25, -0.2) is 8.42 Å². The molecule has 2 fully saturated rings. The summed E-state index contributed by atoms with van der Waals surface area (Å²) < 4.78 is 32.7. The molecule has 0 radical (unpaired) electrons. The molecule has 2 aromatic rings. The van der Waals surface area contributed by atoms with Crippen LogP contribution in [-0.2, 0) is 14.8 Å². The van der Waals surface area contributed by atoms with E-state index in [1.165, 1.54) is 5.56 Å². The summed E-state index contributed by atoms with van der Waals surface area (Å²) in [5.41, 5.74) is 1.73. The number of morpholine rings is 1. The maximum atomic E-state index is 12.8. The van der Waals surface area contributed by atoms with E-state index in [0.717, 1.165) is 45.6 Å². The van der Waals surface area contributed by atoms with E-state index in [9.17, 15) is 13.2 Å². The summed E-state index contributed by atoms with van der Waals surface area (Å²) in [6, 6.07) is 16.8. The number of sulfonamides is 1. The molecular weight excluding hydrogens is 438 g/mol. The Morgan fingerprint density at radius 2 is 1.58 bits per heavy atom. The number of ketones is 1. The first kappa shape index (κ1) is 24.0. The van der Waals surface area contributed by atoms with Crippen molar-refractivity contribution in [1.82, 2.24) is 14.5 Å². The summed E-state index contributed by atoms with van der Waals surface area (Å²) in [7, 11) is -3.49. The van der Waals surface area contributed by atoms with Gasteiger partial charge in [0.25, 0.3) is 0 Å². The van der Waals surface area contributed by atoms with E-state index in [-0.39, 0.29) is 23.3 Å². The predicted molar refractivity (Wildman–Crippen MR) is 128 cm³/mol. The van der Waals surface area contributed by atoms with Gasteiger partial charge in [0.05, 0.1) is 24.7 Å². The molecule has 2 saturated heterocycles. The van der Waals surface area contributed by atoms with Crippen LogP contribution >= 0.6 is 0 Å². The average molecular weight is 472 g/mol. The molecule has 2 aromatic carbocycles. The Kier molecular flexibility index (Phi) is 8.27. The van der Waals surface area contributed by atoms with Gasteiger partial charge < -0.3 is 10.1 Å². The number of ether oxygens (including phenoxy) is 1. The van der Waals surface area contributed by atoms with Crippen molar-refractivity contribution in [2.75, 3.05) is 52.5 Å². The summed E-state index contributed by atoms with van der Waals surface area (Å²) in [4.78, 5) is 15.4. The smallest absolute Gasteiger partial charge is 0.243 e. The quantitative estimate of drug-likeness (QED) is 0.567. The molecule has 178 valence electrons. The van der Waals surface area contributed by atoms with E-state index in [1.807, 2.05) is 18.2 Å². The number of hydrogen-bond acceptors (Lipinski definition) is 6. The first-order chi connectivity index (χ1) is 16.1. The zero-order valence-electron chi connectivity index (χ0n) is 19.0. The van der Waals surface area contributed by atoms with Gasteiger partial charge in [-0.3, -0.25) is 9.69 Å². The van der Waals surface area contributed by atoms with E-state index in [1.54, 1.807) is 28.6 Å². The molecule has 2 heterocycles. The van der Waals surface area contributed by atoms with Gasteiger partial charge in [0, 0.05) is 44.3 Å². The van der Waals surface area contributed by atoms with E-state index >= 15 is 0 Å². The molecule has 7 nitrogen and oxygen atoms in total. The van der Waals surface area contributed by atoms with Crippen LogP contribution in [0.4, 0.5) is 0 Å². The Bertz CT molecular complexity index is 1000. The lowest BCUT2D eigenvalue weighted by atomic mass is 10.0. The summed E-state index contributed by atoms with van der Waals surface area (Å²) in [6.07, 6.45) is 2.87. The summed E-state index contributed by atoms with van der Waals surface area (Å²) in [6.45, 7) is 5.15. The molecule has 1 atom stereocenters. The molecule has 0 bridgehead atoms. The molecular formula is C25H33N3O4S. The lowest BCUT2D eigenvalue weighted by molar-refractivity contribution is 0.0162. The van der Waals surface area contributed by atoms with Gasteiger partial charge in [0.2, 0.25) is 10.0 Å². The molecule has 2 aliphatic heterocycles. The molecule has 4 rings (SSSR count). The van der Waals surface area contributed by atoms with E-state index < -0.39 is 10.0 Å². The number of carbonyl (C=O) groups is 1. The van der Waals surface area contributed by atoms with Crippen LogP contribution in [0.1, 0.15) is 41.2 Å². The number of Topliss-reactive ketones (excluding diaryl/α,β-unsaturated/α-hetero) is 1. The molecule has 0 spiro atoms. The van der Waals surface area contributed by atoms with Gasteiger partial charge in [-0.1, -0.05) is 48.9 Å². The highest BCUT2D eigenvalue weighted by atomic mass is 32.2. The van der Waals surface area contributed by atoms with Crippen LogP contribution in [0.2, 0.25) is 0 Å². The summed E-state index contributed by atoms with van der Waals surface area (Å²) in [5, 5.41) is 3.32. The molecule has 1 N–H and O–H groups in total. The predicted octanol–water partition coefficient (Wildman–Crippen LogP) is 2.71. The molecule has 0 amide bonds. The van der Waals surface area contributed by atoms with Crippen molar-refractivity contribution in [3.05, 3.63) is 65.7 Å². The van der Waals surface area contributed by atoms with Crippen LogP contribution in [0.15, 0.2) is 59.5 Å². The molecule has 0 aliphatic carbocycles. The maximum Gasteiger partial charge on any atom is 0.243 e. The third kappa shape index (κ3) is 6.07. The fourth-order valence-electron chi connectivity index (χ4n) is 4.51. The van der Waals surface area contributed by atoms with Crippen molar-refractivity contribution in [3.8, 4) is 0 Å². The van der Waals surface area contributed by atoms with Gasteiger partial charge in [0.15, 0.2) is 5.78 Å². The van der Waals surface area contributed by atoms with Crippen molar-refractivity contribution in [1.29, 1.82) is 0 Å². The van der Waals surface area contributed by atoms with Crippen molar-refractivity contribution in [2.45, 2.75) is 30.2 Å². The standard InChI is InChI=1S/C25H33N3O4S/c29-25(22-9-11-23(12-10-22)33(30,31)28-13-5-2-6-14-28)20-26-19-24(21-7-3-1-4-8-21)27-15-17-32-18-16-27/h1,3-4,7-12,24,26H,2,5-6,13-20H2. The average Bonchev–Trinajstić information content (AvgIpc) is 2.88. The fraction of sp³-hybridized carbons (Fsp3) is 0.480. The second kappa shape index (κ2) is 11.4. The van der Waals surface area contributed by atoms with Crippen LogP contribution in [0, 0.1) is 0 Å². The van der Waals surface area contributed by atoms with Gasteiger partial charge in [0.1, 0.15) is 0 Å². The monoisotopic (exact) mass is 471 g/mol. The van der Waals surface area contributed by atoms with Gasteiger partial charge in [-0.2, -0.15) is 4.31 Å². The zero-order chi connectivity index (χ0) is 23.1. The molecule has 0 aromatic heterocycles. The molecule has 2 aliphatic rings. The zero-order valence-corrected chi connectivity index (χ0v) is 19.8. The Balaban J connectivity index is 1.35. The van der Waals surface area contributed by atoms with Gasteiger partial charge >= 0.3 is 0 Å². The number of rotatable bonds is 9. The number of nitrogens with one attached hydrogen (secondary N) is 1. The first-order valence-corrected chi connectivity index (χ1v) is 13.2. The second-order valence-electron chi connectivity index (χ2n) is 8.62. The van der Waals surface area contributed by atoms with Crippen LogP contribution in [0.5, 0.6) is 0 Å². The Morgan fingerprint density at radius 3 is 2.24 bits per heavy atom. The first-order valence-electron chi connectivity index (χ1n) is 11.8. The largest absolute Gasteiger partial charge is 0.379 e. The Hall–Kier alpha value is -2.10. The fourth-order valence-corrected chi connectivity index (χ4v) is 6.03. The minimum Gasteiger partial charge on any atom is -0.379 e. The lowest BCUT2D eigenvalue weighted by Gasteiger charge is -2.35. The third-order valence-corrected chi connectivity index (χ3v) is 8.34. The second-order valence-corrected chi connectivity index (χ2v) is 10.6. The SMILES string of the molecule is O=C(CNCC(c1ccccc1)N1CCOCC1)c1ccc(S(=O)(=O)N2CCCCC2)cc1. The third-order valence-electron chi connectivity index (χ3n) is 6.42. The van der Waals surface area contributed by atoms with Crippen molar-refractivity contribution < 1.29 is 17.9 Å². The van der Waals surface area contributed by atoms with Crippen molar-refractivity contribution in [2.24, 2.45) is 0 Å². The molecule has 33 heavy (non-hydrogen) atoms. The molecule has 8 heteroatoms. The number of nitrogens with zero attached hydrogens (tertiary/aromatic N) is 2. The molecule has 1 unspecified atom stereocenters. The summed E-state index contributed by atoms with van der Waals surface area (Å²) in [5.74, 6) is -0.0503. The highest BCUT2D eigenvalue weighted by Gasteiger charge is 2.26. The van der Waals surface area contributed by atoms with Crippen LogP contribution < -0.4 is 5.32 Å².